The molecule has 40 heavy (non-hydrogen) atoms. The molecule has 2 aliphatic rings. The predicted octanol–water partition coefficient (Wildman–Crippen LogP) is -1.71. The maximum atomic E-state index is 13.0. The van der Waals surface area contributed by atoms with Crippen molar-refractivity contribution in [2.24, 2.45) is 5.16 Å². The van der Waals surface area contributed by atoms with Gasteiger partial charge in [0.15, 0.2) is 16.7 Å². The molecule has 5 heterocycles. The van der Waals surface area contributed by atoms with Gasteiger partial charge in [0.25, 0.3) is 17.5 Å². The van der Waals surface area contributed by atoms with E-state index >= 15 is 0 Å². The highest BCUT2D eigenvalue weighted by molar-refractivity contribution is 8.01. The average molecular weight is 605 g/mol. The monoisotopic (exact) mass is 604 g/mol. The number of hydrogen-bond donors (Lipinski definition) is 3. The van der Waals surface area contributed by atoms with Gasteiger partial charge >= 0.3 is 5.97 Å². The summed E-state index contributed by atoms with van der Waals surface area (Å²) in [5, 5.41) is 27.7. The summed E-state index contributed by atoms with van der Waals surface area (Å²) in [6.07, 6.45) is 3.37. The van der Waals surface area contributed by atoms with E-state index in [1.54, 1.807) is 33.5 Å². The van der Waals surface area contributed by atoms with Gasteiger partial charge in [-0.05, 0) is 17.7 Å². The summed E-state index contributed by atoms with van der Waals surface area (Å²) in [6.45, 7) is -0.204. The number of nitrogen functional groups attached to an aromatic ring is 1. The maximum Gasteiger partial charge on any atom is 0.346 e. The Morgan fingerprint density at radius 3 is 2.88 bits per heavy atom. The van der Waals surface area contributed by atoms with Crippen LogP contribution in [0.5, 0.6) is 0 Å². The van der Waals surface area contributed by atoms with E-state index in [4.69, 9.17) is 15.7 Å². The number of imidazole rings is 1. The van der Waals surface area contributed by atoms with E-state index in [-0.39, 0.29) is 40.4 Å². The van der Waals surface area contributed by atoms with Crippen LogP contribution in [0, 0.1) is 0 Å². The summed E-state index contributed by atoms with van der Waals surface area (Å²) >= 11 is 3.50. The van der Waals surface area contributed by atoms with Crippen molar-refractivity contribution in [3.8, 4) is 0 Å². The SMILES string of the molecule is CO/N=C(\C(=O)N[C@@H]1C(=O)N2C(C(=O)[O-])=C(CSc3cccc4n3cc[n+]4CC(=O)O)CS[C@H]12)c1nsc(N)n1. The lowest BCUT2D eigenvalue weighted by atomic mass is 10.0. The number of thioether (sulfide) groups is 2. The zero-order chi connectivity index (χ0) is 28.6. The number of carboxylic acids is 2. The minimum Gasteiger partial charge on any atom is -0.543 e. The molecule has 0 bridgehead atoms. The number of amides is 2. The van der Waals surface area contributed by atoms with Gasteiger partial charge in [0.2, 0.25) is 11.5 Å². The molecule has 0 spiro atoms. The van der Waals surface area contributed by atoms with Gasteiger partial charge in [-0.3, -0.25) is 14.5 Å². The molecule has 208 valence electrons. The van der Waals surface area contributed by atoms with E-state index in [0.29, 0.717) is 11.2 Å². The second-order valence-electron chi connectivity index (χ2n) is 8.38. The molecule has 2 atom stereocenters. The number of aliphatic carboxylic acids is 2. The third-order valence-corrected chi connectivity index (χ3v) is 8.94. The smallest absolute Gasteiger partial charge is 0.346 e. The molecule has 18 heteroatoms. The number of pyridine rings is 1. The minimum absolute atomic E-state index is 0.0670. The van der Waals surface area contributed by atoms with Crippen molar-refractivity contribution in [3.63, 3.8) is 0 Å². The number of nitrogens with zero attached hydrogens (tertiary/aromatic N) is 6. The highest BCUT2D eigenvalue weighted by atomic mass is 32.2. The summed E-state index contributed by atoms with van der Waals surface area (Å²) < 4.78 is 7.32. The lowest BCUT2D eigenvalue weighted by Crippen LogP contribution is -2.71. The van der Waals surface area contributed by atoms with Gasteiger partial charge in [-0.15, -0.1) is 11.8 Å². The van der Waals surface area contributed by atoms with Crippen LogP contribution < -0.4 is 20.7 Å². The number of fused-ring (bicyclic) bond motifs is 2. The number of nitrogens with one attached hydrogen (secondary N) is 1. The molecular weight excluding hydrogens is 584 g/mol. The second-order valence-corrected chi connectivity index (χ2v) is 11.3. The number of β-lactam (4-membered cyclic amide) rings is 1. The number of aromatic nitrogens is 4. The molecule has 0 aliphatic carbocycles. The Labute approximate surface area is 237 Å². The van der Waals surface area contributed by atoms with E-state index in [9.17, 15) is 24.3 Å². The number of carbonyl (C=O) groups is 4. The molecule has 3 aromatic rings. The number of hydrogen-bond acceptors (Lipinski definition) is 13. The van der Waals surface area contributed by atoms with Crippen molar-refractivity contribution in [2.45, 2.75) is 23.0 Å². The highest BCUT2D eigenvalue weighted by Gasteiger charge is 2.53. The molecule has 0 radical (unpaired) electrons. The lowest BCUT2D eigenvalue weighted by molar-refractivity contribution is -0.659. The van der Waals surface area contributed by atoms with Crippen LogP contribution in [0.15, 0.2) is 52.0 Å². The van der Waals surface area contributed by atoms with Gasteiger partial charge in [0.05, 0.1) is 11.7 Å². The Morgan fingerprint density at radius 1 is 1.40 bits per heavy atom. The van der Waals surface area contributed by atoms with Gasteiger partial charge < -0.3 is 30.9 Å². The topological polar surface area (TPSA) is 209 Å². The molecule has 3 aromatic heterocycles. The summed E-state index contributed by atoms with van der Waals surface area (Å²) in [5.41, 5.74) is 6.22. The van der Waals surface area contributed by atoms with Crippen LogP contribution in [-0.4, -0.2) is 83.3 Å². The van der Waals surface area contributed by atoms with Crippen LogP contribution in [0.4, 0.5) is 5.13 Å². The van der Waals surface area contributed by atoms with Gasteiger partial charge in [0, 0.05) is 29.1 Å². The molecular formula is C22H20N8O7S3. The zero-order valence-electron chi connectivity index (χ0n) is 20.5. The fraction of sp³-hybridized carbons (Fsp3) is 0.273. The van der Waals surface area contributed by atoms with Crippen molar-refractivity contribution in [2.75, 3.05) is 24.3 Å². The largest absolute Gasteiger partial charge is 0.543 e. The molecule has 15 nitrogen and oxygen atoms in total. The third-order valence-electron chi connectivity index (χ3n) is 5.94. The number of rotatable bonds is 10. The second kappa shape index (κ2) is 11.1. The molecule has 1 fully saturated rings. The molecule has 0 unspecified atom stereocenters. The Hall–Kier alpha value is -4.16. The van der Waals surface area contributed by atoms with Crippen molar-refractivity contribution in [1.29, 1.82) is 0 Å². The first kappa shape index (κ1) is 27.4. The Balaban J connectivity index is 1.32. The van der Waals surface area contributed by atoms with Crippen LogP contribution in [0.2, 0.25) is 0 Å². The predicted molar refractivity (Wildman–Crippen MR) is 141 cm³/mol. The molecule has 1 saturated heterocycles. The first-order valence-corrected chi connectivity index (χ1v) is 14.2. The van der Waals surface area contributed by atoms with E-state index < -0.39 is 35.2 Å². The summed E-state index contributed by atoms with van der Waals surface area (Å²) in [5.74, 6) is -3.42. The molecule has 4 N–H and O–H groups in total. The number of carboxylic acid groups (broad SMARTS) is 2. The van der Waals surface area contributed by atoms with Crippen molar-refractivity contribution < 1.29 is 38.8 Å². The van der Waals surface area contributed by atoms with Gasteiger partial charge in [-0.25, -0.2) is 9.36 Å². The molecule has 5 rings (SSSR count). The van der Waals surface area contributed by atoms with Crippen molar-refractivity contribution >= 4 is 75.3 Å². The molecule has 2 aliphatic heterocycles. The first-order chi connectivity index (χ1) is 19.2. The Morgan fingerprint density at radius 2 is 2.20 bits per heavy atom. The number of nitrogens with two attached hydrogens (primary N) is 1. The fourth-order valence-electron chi connectivity index (χ4n) is 4.25. The molecule has 0 aromatic carbocycles. The van der Waals surface area contributed by atoms with Gasteiger partial charge in [-0.1, -0.05) is 16.9 Å². The van der Waals surface area contributed by atoms with E-state index in [1.165, 1.54) is 30.6 Å². The van der Waals surface area contributed by atoms with E-state index in [0.717, 1.165) is 21.5 Å². The van der Waals surface area contributed by atoms with E-state index in [1.807, 2.05) is 6.07 Å². The summed E-state index contributed by atoms with van der Waals surface area (Å²) in [7, 11) is 1.23. The van der Waals surface area contributed by atoms with Gasteiger partial charge in [0.1, 0.15) is 30.9 Å². The summed E-state index contributed by atoms with van der Waals surface area (Å²) in [4.78, 5) is 59.0. The van der Waals surface area contributed by atoms with Crippen LogP contribution >= 0.6 is 35.1 Å². The number of carbonyl (C=O) groups excluding carboxylic acids is 3. The first-order valence-electron chi connectivity index (χ1n) is 11.4. The standard InChI is InChI=1S/C22H20N8O7S3/c1-37-26-14(17-25-22(23)40-27-17)18(33)24-15-19(34)30-16(21(35)36)10(9-39-20(15)30)8-38-12-4-2-3-11-28(7-13(31)32)5-6-29(11)12/h2-6,15,20H,7-9H2,1H3,(H4-,23,24,25,27,31,32,33,35,36)/b26-14-/t15-,20-/m1/s1. The Kier molecular flexibility index (Phi) is 7.63. The minimum atomic E-state index is -1.50. The normalized spacial score (nSPS) is 18.9. The van der Waals surface area contributed by atoms with Crippen LogP contribution in [-0.2, 0) is 30.6 Å². The number of anilines is 1. The highest BCUT2D eigenvalue weighted by Crippen LogP contribution is 2.41. The third kappa shape index (κ3) is 5.07. The van der Waals surface area contributed by atoms with Crippen LogP contribution in [0.3, 0.4) is 0 Å². The summed E-state index contributed by atoms with van der Waals surface area (Å²) in [6, 6.07) is 4.36. The Bertz CT molecular complexity index is 1600. The molecule has 0 saturated carbocycles. The quantitative estimate of drug-likeness (QED) is 0.0777. The van der Waals surface area contributed by atoms with Crippen LogP contribution in [0.25, 0.3) is 5.65 Å². The van der Waals surface area contributed by atoms with E-state index in [2.05, 4.69) is 19.8 Å². The lowest BCUT2D eigenvalue weighted by Gasteiger charge is -2.50. The zero-order valence-corrected chi connectivity index (χ0v) is 23.0. The van der Waals surface area contributed by atoms with Crippen molar-refractivity contribution in [3.05, 3.63) is 47.7 Å². The van der Waals surface area contributed by atoms with Crippen molar-refractivity contribution in [1.82, 2.24) is 24.0 Å². The average Bonchev–Trinajstić information content (AvgIpc) is 3.54. The maximum absolute atomic E-state index is 13.0. The molecule has 2 amide bonds. The fourth-order valence-corrected chi connectivity index (χ4v) is 7.19. The van der Waals surface area contributed by atoms with Gasteiger partial charge in [-0.2, -0.15) is 13.8 Å². The number of oxime groups is 1. The van der Waals surface area contributed by atoms with Crippen LogP contribution in [0.1, 0.15) is 5.82 Å².